The van der Waals surface area contributed by atoms with E-state index in [4.69, 9.17) is 14.0 Å². The summed E-state index contributed by atoms with van der Waals surface area (Å²) in [6.45, 7) is 8.84. The van der Waals surface area contributed by atoms with Crippen LogP contribution in [0.25, 0.3) is 11.3 Å². The van der Waals surface area contributed by atoms with Crippen LogP contribution in [0.4, 0.5) is 0 Å². The third kappa shape index (κ3) is 3.04. The predicted molar refractivity (Wildman–Crippen MR) is 85.5 cm³/mol. The van der Waals surface area contributed by atoms with Gasteiger partial charge in [0.1, 0.15) is 5.69 Å². The number of piperazine rings is 1. The number of benzene rings is 1. The number of likely N-dealkylation sites (N-methyl/N-ethyl adjacent to an activating group) is 1. The van der Waals surface area contributed by atoms with Crippen molar-refractivity contribution in [2.24, 2.45) is 0 Å². The molecule has 2 aliphatic rings. The van der Waals surface area contributed by atoms with Crippen LogP contribution in [0.3, 0.4) is 0 Å². The van der Waals surface area contributed by atoms with E-state index < -0.39 is 0 Å². The van der Waals surface area contributed by atoms with Crippen LogP contribution in [0.15, 0.2) is 28.8 Å². The Hall–Kier alpha value is -2.05. The molecule has 0 saturated carbocycles. The van der Waals surface area contributed by atoms with Gasteiger partial charge in [0.2, 0.25) is 6.79 Å². The quantitative estimate of drug-likeness (QED) is 0.862. The van der Waals surface area contributed by atoms with E-state index in [9.17, 15) is 0 Å². The van der Waals surface area contributed by atoms with Gasteiger partial charge >= 0.3 is 0 Å². The fraction of sp³-hybridized carbons (Fsp3) is 0.471. The molecule has 2 aliphatic heterocycles. The SMILES string of the molecule is CCN1CCN(Cc2cc(-c3ccc4c(c3)OCO4)no2)CC1. The molecule has 0 atom stereocenters. The number of hydrogen-bond donors (Lipinski definition) is 0. The first-order valence-electron chi connectivity index (χ1n) is 8.12. The summed E-state index contributed by atoms with van der Waals surface area (Å²) in [5.74, 6) is 2.46. The van der Waals surface area contributed by atoms with Gasteiger partial charge in [-0.3, -0.25) is 4.90 Å². The van der Waals surface area contributed by atoms with Crippen molar-refractivity contribution in [2.45, 2.75) is 13.5 Å². The molecule has 0 bridgehead atoms. The Labute approximate surface area is 135 Å². The second-order valence-electron chi connectivity index (χ2n) is 5.96. The van der Waals surface area contributed by atoms with Crippen LogP contribution in [0.1, 0.15) is 12.7 Å². The van der Waals surface area contributed by atoms with Crippen LogP contribution in [0.5, 0.6) is 11.5 Å². The summed E-state index contributed by atoms with van der Waals surface area (Å²) in [4.78, 5) is 4.88. The second kappa shape index (κ2) is 6.22. The zero-order valence-corrected chi connectivity index (χ0v) is 13.3. The molecule has 1 aromatic heterocycles. The highest BCUT2D eigenvalue weighted by Gasteiger charge is 2.19. The van der Waals surface area contributed by atoms with Crippen molar-refractivity contribution < 1.29 is 14.0 Å². The first kappa shape index (κ1) is 14.5. The number of aromatic nitrogens is 1. The smallest absolute Gasteiger partial charge is 0.231 e. The number of nitrogens with zero attached hydrogens (tertiary/aromatic N) is 3. The Morgan fingerprint density at radius 1 is 1.00 bits per heavy atom. The molecule has 4 rings (SSSR count). The molecule has 0 unspecified atom stereocenters. The van der Waals surface area contributed by atoms with Crippen LogP contribution in [-0.4, -0.2) is 54.5 Å². The van der Waals surface area contributed by atoms with Crippen molar-refractivity contribution in [3.8, 4) is 22.8 Å². The van der Waals surface area contributed by atoms with E-state index in [1.807, 2.05) is 24.3 Å². The molecule has 6 nitrogen and oxygen atoms in total. The Kier molecular flexibility index (Phi) is 3.93. The molecule has 1 saturated heterocycles. The second-order valence-corrected chi connectivity index (χ2v) is 5.96. The zero-order chi connectivity index (χ0) is 15.6. The summed E-state index contributed by atoms with van der Waals surface area (Å²) in [6, 6.07) is 7.86. The first-order valence-corrected chi connectivity index (χ1v) is 8.12. The van der Waals surface area contributed by atoms with Crippen molar-refractivity contribution in [1.82, 2.24) is 15.0 Å². The maximum Gasteiger partial charge on any atom is 0.231 e. The number of ether oxygens (including phenoxy) is 2. The lowest BCUT2D eigenvalue weighted by Gasteiger charge is -2.33. The van der Waals surface area contributed by atoms with E-state index in [1.165, 1.54) is 0 Å². The van der Waals surface area contributed by atoms with Crippen molar-refractivity contribution in [3.63, 3.8) is 0 Å². The minimum Gasteiger partial charge on any atom is -0.454 e. The third-order valence-corrected chi connectivity index (χ3v) is 4.52. The third-order valence-electron chi connectivity index (χ3n) is 4.52. The fourth-order valence-corrected chi connectivity index (χ4v) is 3.06. The molecule has 122 valence electrons. The van der Waals surface area contributed by atoms with Crippen molar-refractivity contribution in [1.29, 1.82) is 0 Å². The minimum atomic E-state index is 0.284. The van der Waals surface area contributed by atoms with Crippen molar-refractivity contribution in [2.75, 3.05) is 39.5 Å². The highest BCUT2D eigenvalue weighted by atomic mass is 16.7. The van der Waals surface area contributed by atoms with Gasteiger partial charge in [0.05, 0.1) is 6.54 Å². The van der Waals surface area contributed by atoms with Gasteiger partial charge in [-0.25, -0.2) is 0 Å². The van der Waals surface area contributed by atoms with Gasteiger partial charge < -0.3 is 18.9 Å². The predicted octanol–water partition coefficient (Wildman–Crippen LogP) is 2.21. The summed E-state index contributed by atoms with van der Waals surface area (Å²) < 4.78 is 16.3. The van der Waals surface area contributed by atoms with E-state index >= 15 is 0 Å². The first-order chi connectivity index (χ1) is 11.3. The Morgan fingerprint density at radius 3 is 2.61 bits per heavy atom. The largest absolute Gasteiger partial charge is 0.454 e. The van der Waals surface area contributed by atoms with Crippen molar-refractivity contribution >= 4 is 0 Å². The van der Waals surface area contributed by atoms with Crippen LogP contribution >= 0.6 is 0 Å². The van der Waals surface area contributed by atoms with Gasteiger partial charge in [-0.15, -0.1) is 0 Å². The number of hydrogen-bond acceptors (Lipinski definition) is 6. The average Bonchev–Trinajstić information content (AvgIpc) is 3.23. The van der Waals surface area contributed by atoms with Gasteiger partial charge in [-0.1, -0.05) is 12.1 Å². The van der Waals surface area contributed by atoms with E-state index in [0.29, 0.717) is 0 Å². The monoisotopic (exact) mass is 315 g/mol. The molecule has 1 aromatic carbocycles. The van der Waals surface area contributed by atoms with E-state index in [1.54, 1.807) is 0 Å². The van der Waals surface area contributed by atoms with E-state index in [2.05, 4.69) is 21.9 Å². The molecular weight excluding hydrogens is 294 g/mol. The van der Waals surface area contributed by atoms with Crippen LogP contribution in [-0.2, 0) is 6.54 Å². The molecule has 0 aliphatic carbocycles. The van der Waals surface area contributed by atoms with Crippen LogP contribution in [0.2, 0.25) is 0 Å². The maximum absolute atomic E-state index is 5.52. The Morgan fingerprint density at radius 2 is 1.78 bits per heavy atom. The van der Waals surface area contributed by atoms with Crippen LogP contribution in [0, 0.1) is 0 Å². The lowest BCUT2D eigenvalue weighted by Crippen LogP contribution is -2.45. The highest BCUT2D eigenvalue weighted by molar-refractivity contribution is 5.64. The van der Waals surface area contributed by atoms with Gasteiger partial charge in [-0.05, 0) is 24.7 Å². The van der Waals surface area contributed by atoms with Gasteiger partial charge in [0.15, 0.2) is 17.3 Å². The molecule has 1 fully saturated rings. The lowest BCUT2D eigenvalue weighted by atomic mass is 10.1. The molecule has 0 radical (unpaired) electrons. The fourth-order valence-electron chi connectivity index (χ4n) is 3.06. The summed E-state index contributed by atoms with van der Waals surface area (Å²) in [7, 11) is 0. The van der Waals surface area contributed by atoms with E-state index in [-0.39, 0.29) is 6.79 Å². The Bertz CT molecular complexity index is 677. The molecule has 0 amide bonds. The molecule has 3 heterocycles. The number of fused-ring (bicyclic) bond motifs is 1. The molecule has 6 heteroatoms. The van der Waals surface area contributed by atoms with Gasteiger partial charge in [0, 0.05) is 37.8 Å². The van der Waals surface area contributed by atoms with Crippen LogP contribution < -0.4 is 9.47 Å². The van der Waals surface area contributed by atoms with Gasteiger partial charge in [-0.2, -0.15) is 0 Å². The molecule has 23 heavy (non-hydrogen) atoms. The molecule has 2 aromatic rings. The van der Waals surface area contributed by atoms with Gasteiger partial charge in [0.25, 0.3) is 0 Å². The zero-order valence-electron chi connectivity index (χ0n) is 13.3. The van der Waals surface area contributed by atoms with Crippen molar-refractivity contribution in [3.05, 3.63) is 30.0 Å². The molecular formula is C17H21N3O3. The number of rotatable bonds is 4. The summed E-state index contributed by atoms with van der Waals surface area (Å²) in [6.07, 6.45) is 0. The Balaban J connectivity index is 1.43. The normalized spacial score (nSPS) is 18.5. The highest BCUT2D eigenvalue weighted by Crippen LogP contribution is 2.35. The topological polar surface area (TPSA) is 51.0 Å². The van der Waals surface area contributed by atoms with E-state index in [0.717, 1.165) is 67.8 Å². The minimum absolute atomic E-state index is 0.284. The lowest BCUT2D eigenvalue weighted by molar-refractivity contribution is 0.122. The maximum atomic E-state index is 5.52. The standard InChI is InChI=1S/C17H21N3O3/c1-2-19-5-7-20(8-6-19)11-14-10-15(18-23-14)13-3-4-16-17(9-13)22-12-21-16/h3-4,9-10H,2,5-8,11-12H2,1H3. The summed E-state index contributed by atoms with van der Waals surface area (Å²) in [5.41, 5.74) is 1.82. The summed E-state index contributed by atoms with van der Waals surface area (Å²) in [5, 5.41) is 4.20. The molecule has 0 N–H and O–H groups in total. The average molecular weight is 315 g/mol. The molecule has 0 spiro atoms. The summed E-state index contributed by atoms with van der Waals surface area (Å²) >= 11 is 0.